The van der Waals surface area contributed by atoms with E-state index in [4.69, 9.17) is 10.5 Å². The maximum atomic E-state index is 6.04. The summed E-state index contributed by atoms with van der Waals surface area (Å²) in [6, 6.07) is 14.9. The summed E-state index contributed by atoms with van der Waals surface area (Å²) in [6.45, 7) is 2.79. The van der Waals surface area contributed by atoms with Crippen molar-refractivity contribution in [3.8, 4) is 0 Å². The van der Waals surface area contributed by atoms with Gasteiger partial charge in [0, 0.05) is 24.5 Å². The minimum absolute atomic E-state index is 0.169. The Labute approximate surface area is 125 Å². The van der Waals surface area contributed by atoms with E-state index in [1.54, 1.807) is 0 Å². The summed E-state index contributed by atoms with van der Waals surface area (Å²) in [5.74, 6) is 0. The molecule has 0 saturated heterocycles. The molecule has 0 bridgehead atoms. The number of nitrogens with two attached hydrogens (primary N) is 1. The van der Waals surface area contributed by atoms with Crippen LogP contribution in [0.5, 0.6) is 0 Å². The van der Waals surface area contributed by atoms with Gasteiger partial charge in [-0.05, 0) is 41.7 Å². The van der Waals surface area contributed by atoms with Crippen LogP contribution in [0.15, 0.2) is 42.5 Å². The monoisotopic (exact) mass is 280 g/mol. The number of benzene rings is 2. The summed E-state index contributed by atoms with van der Waals surface area (Å²) in [4.78, 5) is 2.42. The highest BCUT2D eigenvalue weighted by Gasteiger charge is 2.26. The van der Waals surface area contributed by atoms with E-state index in [0.29, 0.717) is 0 Å². The second-order valence-corrected chi connectivity index (χ2v) is 5.89. The van der Waals surface area contributed by atoms with Crippen LogP contribution >= 0.6 is 0 Å². The Hall–Kier alpha value is -2.00. The van der Waals surface area contributed by atoms with Crippen molar-refractivity contribution in [2.24, 2.45) is 0 Å². The molecule has 0 aliphatic carbocycles. The van der Waals surface area contributed by atoms with Crippen LogP contribution in [0.4, 0.5) is 11.4 Å². The van der Waals surface area contributed by atoms with Gasteiger partial charge in [-0.3, -0.25) is 0 Å². The van der Waals surface area contributed by atoms with Gasteiger partial charge in [-0.15, -0.1) is 0 Å². The lowest BCUT2D eigenvalue weighted by atomic mass is 9.97. The van der Waals surface area contributed by atoms with E-state index in [1.165, 1.54) is 22.4 Å². The van der Waals surface area contributed by atoms with Crippen LogP contribution in [0, 0.1) is 0 Å². The Morgan fingerprint density at radius 1 is 1.10 bits per heavy atom. The Kier molecular flexibility index (Phi) is 3.08. The summed E-state index contributed by atoms with van der Waals surface area (Å²) in [5.41, 5.74) is 12.2. The van der Waals surface area contributed by atoms with Crippen LogP contribution in [-0.2, 0) is 17.6 Å². The summed E-state index contributed by atoms with van der Waals surface area (Å²) >= 11 is 0. The fraction of sp³-hybridized carbons (Fsp3) is 0.333. The molecule has 0 aromatic heterocycles. The van der Waals surface area contributed by atoms with Gasteiger partial charge >= 0.3 is 0 Å². The Morgan fingerprint density at radius 3 is 2.95 bits per heavy atom. The van der Waals surface area contributed by atoms with E-state index in [9.17, 15) is 0 Å². The van der Waals surface area contributed by atoms with E-state index in [1.807, 2.05) is 6.07 Å². The molecule has 2 aromatic carbocycles. The average molecular weight is 280 g/mol. The van der Waals surface area contributed by atoms with E-state index in [0.717, 1.165) is 38.2 Å². The number of nitrogen functional groups attached to an aromatic ring is 1. The summed E-state index contributed by atoms with van der Waals surface area (Å²) < 4.78 is 6.04. The van der Waals surface area contributed by atoms with Gasteiger partial charge in [0.05, 0.1) is 6.61 Å². The molecule has 3 nitrogen and oxygen atoms in total. The zero-order valence-electron chi connectivity index (χ0n) is 12.1. The lowest BCUT2D eigenvalue weighted by Gasteiger charge is -2.31. The standard InChI is InChI=1S/C18H20N2O/c19-15-6-5-14-7-9-20(17(14)11-15)12-18-16-4-2-1-3-13(16)8-10-21-18/h1-6,11,18H,7-10,12,19H2. The SMILES string of the molecule is Nc1ccc2c(c1)N(CC1OCCc3ccccc31)CC2. The lowest BCUT2D eigenvalue weighted by molar-refractivity contribution is 0.0473. The molecule has 108 valence electrons. The number of hydrogen-bond donors (Lipinski definition) is 1. The molecule has 0 radical (unpaired) electrons. The van der Waals surface area contributed by atoms with E-state index >= 15 is 0 Å². The Morgan fingerprint density at radius 2 is 2.00 bits per heavy atom. The third-order valence-corrected chi connectivity index (χ3v) is 4.58. The number of hydrogen-bond acceptors (Lipinski definition) is 3. The first-order chi connectivity index (χ1) is 10.3. The van der Waals surface area contributed by atoms with Crippen LogP contribution in [-0.4, -0.2) is 19.7 Å². The summed E-state index contributed by atoms with van der Waals surface area (Å²) in [6.07, 6.45) is 2.29. The second kappa shape index (κ2) is 5.08. The molecule has 1 atom stereocenters. The molecule has 2 N–H and O–H groups in total. The fourth-order valence-corrected chi connectivity index (χ4v) is 3.48. The van der Waals surface area contributed by atoms with Crippen molar-refractivity contribution in [2.75, 3.05) is 30.3 Å². The Balaban J connectivity index is 1.60. The van der Waals surface area contributed by atoms with Gasteiger partial charge in [0.25, 0.3) is 0 Å². The molecule has 2 aliphatic rings. The predicted octanol–water partition coefficient (Wildman–Crippen LogP) is 2.95. The topological polar surface area (TPSA) is 38.5 Å². The minimum Gasteiger partial charge on any atom is -0.399 e. The van der Waals surface area contributed by atoms with Crippen molar-refractivity contribution in [3.63, 3.8) is 0 Å². The van der Waals surface area contributed by atoms with Gasteiger partial charge in [0.1, 0.15) is 6.10 Å². The van der Waals surface area contributed by atoms with Crippen molar-refractivity contribution in [1.82, 2.24) is 0 Å². The molecule has 3 heteroatoms. The van der Waals surface area contributed by atoms with Crippen LogP contribution in [0.25, 0.3) is 0 Å². The van der Waals surface area contributed by atoms with Gasteiger partial charge in [-0.25, -0.2) is 0 Å². The quantitative estimate of drug-likeness (QED) is 0.860. The normalized spacial score (nSPS) is 20.2. The van der Waals surface area contributed by atoms with Crippen LogP contribution in [0.2, 0.25) is 0 Å². The molecular formula is C18H20N2O. The van der Waals surface area contributed by atoms with Crippen LogP contribution in [0.1, 0.15) is 22.8 Å². The van der Waals surface area contributed by atoms with Crippen molar-refractivity contribution in [2.45, 2.75) is 18.9 Å². The van der Waals surface area contributed by atoms with Gasteiger partial charge in [-0.1, -0.05) is 30.3 Å². The maximum Gasteiger partial charge on any atom is 0.100 e. The number of ether oxygens (including phenoxy) is 1. The molecule has 4 rings (SSSR count). The van der Waals surface area contributed by atoms with Gasteiger partial charge in [0.2, 0.25) is 0 Å². The molecule has 0 amide bonds. The molecule has 1 unspecified atom stereocenters. The third kappa shape index (κ3) is 2.28. The van der Waals surface area contributed by atoms with Gasteiger partial charge in [0.15, 0.2) is 0 Å². The lowest BCUT2D eigenvalue weighted by Crippen LogP contribution is -2.30. The van der Waals surface area contributed by atoms with Gasteiger partial charge < -0.3 is 15.4 Å². The largest absolute Gasteiger partial charge is 0.399 e. The van der Waals surface area contributed by atoms with E-state index < -0.39 is 0 Å². The average Bonchev–Trinajstić information content (AvgIpc) is 2.90. The third-order valence-electron chi connectivity index (χ3n) is 4.58. The van der Waals surface area contributed by atoms with Gasteiger partial charge in [-0.2, -0.15) is 0 Å². The fourth-order valence-electron chi connectivity index (χ4n) is 3.48. The van der Waals surface area contributed by atoms with E-state index in [2.05, 4.69) is 41.3 Å². The number of nitrogens with zero attached hydrogens (tertiary/aromatic N) is 1. The molecule has 21 heavy (non-hydrogen) atoms. The summed E-state index contributed by atoms with van der Waals surface area (Å²) in [7, 11) is 0. The molecule has 0 spiro atoms. The summed E-state index contributed by atoms with van der Waals surface area (Å²) in [5, 5.41) is 0. The van der Waals surface area contributed by atoms with Crippen LogP contribution in [0.3, 0.4) is 0 Å². The number of fused-ring (bicyclic) bond motifs is 2. The molecular weight excluding hydrogens is 260 g/mol. The van der Waals surface area contributed by atoms with Crippen LogP contribution < -0.4 is 10.6 Å². The minimum atomic E-state index is 0.169. The molecule has 0 fully saturated rings. The first kappa shape index (κ1) is 12.7. The zero-order valence-corrected chi connectivity index (χ0v) is 12.1. The second-order valence-electron chi connectivity index (χ2n) is 5.89. The highest BCUT2D eigenvalue weighted by molar-refractivity contribution is 5.64. The highest BCUT2D eigenvalue weighted by Crippen LogP contribution is 2.34. The van der Waals surface area contributed by atoms with E-state index in [-0.39, 0.29) is 6.10 Å². The first-order valence-corrected chi connectivity index (χ1v) is 7.64. The molecule has 2 heterocycles. The molecule has 2 aromatic rings. The maximum absolute atomic E-state index is 6.04. The van der Waals surface area contributed by atoms with Crippen molar-refractivity contribution in [3.05, 3.63) is 59.2 Å². The molecule has 2 aliphatic heterocycles. The predicted molar refractivity (Wildman–Crippen MR) is 85.6 cm³/mol. The van der Waals surface area contributed by atoms with Crippen molar-refractivity contribution < 1.29 is 4.74 Å². The zero-order chi connectivity index (χ0) is 14.2. The van der Waals surface area contributed by atoms with Crippen molar-refractivity contribution >= 4 is 11.4 Å². The molecule has 0 saturated carbocycles. The number of rotatable bonds is 2. The number of anilines is 2. The smallest absolute Gasteiger partial charge is 0.100 e. The van der Waals surface area contributed by atoms with Crippen molar-refractivity contribution in [1.29, 1.82) is 0 Å². The highest BCUT2D eigenvalue weighted by atomic mass is 16.5. The first-order valence-electron chi connectivity index (χ1n) is 7.64. The Bertz CT molecular complexity index is 668.